The van der Waals surface area contributed by atoms with Gasteiger partial charge in [0, 0.05) is 42.6 Å². The third-order valence-corrected chi connectivity index (χ3v) is 5.60. The molecule has 148 valence electrons. The molecule has 2 heterocycles. The first-order valence-electron chi connectivity index (χ1n) is 9.84. The number of benzene rings is 2. The molecule has 3 aromatic rings. The molecule has 0 aliphatic carbocycles. The number of nitrogens with one attached hydrogen (secondary N) is 1. The molecule has 1 aromatic heterocycles. The standard InChI is InChI=1S/C23H23ClN4O/c24-21-11-5-4-9-18(21)13-25-22(29)19-10-6-12-28(16-19)23-26-14-20(15-27-23)17-7-2-1-3-8-17/h1-5,7-9,11,14-15,19H,6,10,12-13,16H2,(H,25,29)/t19-/m0/s1. The number of carbonyl (C=O) groups excluding carboxylic acids is 1. The van der Waals surface area contributed by atoms with Gasteiger partial charge >= 0.3 is 0 Å². The molecule has 0 spiro atoms. The van der Waals surface area contributed by atoms with Gasteiger partial charge in [-0.25, -0.2) is 9.97 Å². The lowest BCUT2D eigenvalue weighted by Crippen LogP contribution is -2.43. The van der Waals surface area contributed by atoms with Crippen molar-refractivity contribution in [2.24, 2.45) is 5.92 Å². The lowest BCUT2D eigenvalue weighted by molar-refractivity contribution is -0.125. The SMILES string of the molecule is O=C(NCc1ccccc1Cl)[C@H]1CCCN(c2ncc(-c3ccccc3)cn2)C1. The van der Waals surface area contributed by atoms with Crippen LogP contribution in [0.5, 0.6) is 0 Å². The summed E-state index contributed by atoms with van der Waals surface area (Å²) >= 11 is 6.18. The summed E-state index contributed by atoms with van der Waals surface area (Å²) in [5.41, 5.74) is 3.00. The highest BCUT2D eigenvalue weighted by molar-refractivity contribution is 6.31. The van der Waals surface area contributed by atoms with Gasteiger partial charge < -0.3 is 10.2 Å². The monoisotopic (exact) mass is 406 g/mol. The second kappa shape index (κ2) is 9.05. The van der Waals surface area contributed by atoms with Gasteiger partial charge in [-0.1, -0.05) is 60.1 Å². The molecular weight excluding hydrogens is 384 g/mol. The van der Waals surface area contributed by atoms with E-state index in [0.717, 1.165) is 36.1 Å². The summed E-state index contributed by atoms with van der Waals surface area (Å²) in [7, 11) is 0. The number of rotatable bonds is 5. The summed E-state index contributed by atoms with van der Waals surface area (Å²) in [6, 6.07) is 17.6. The van der Waals surface area contributed by atoms with Gasteiger partial charge in [-0.2, -0.15) is 0 Å². The van der Waals surface area contributed by atoms with Crippen molar-refractivity contribution >= 4 is 23.5 Å². The van der Waals surface area contributed by atoms with Gasteiger partial charge in [0.25, 0.3) is 0 Å². The van der Waals surface area contributed by atoms with E-state index in [1.165, 1.54) is 0 Å². The number of aromatic nitrogens is 2. The Balaban J connectivity index is 1.38. The molecular formula is C23H23ClN4O. The first-order chi connectivity index (χ1) is 14.2. The first kappa shape index (κ1) is 19.4. The zero-order valence-corrected chi connectivity index (χ0v) is 16.8. The van der Waals surface area contributed by atoms with Gasteiger partial charge in [0.05, 0.1) is 5.92 Å². The van der Waals surface area contributed by atoms with E-state index in [4.69, 9.17) is 11.6 Å². The van der Waals surface area contributed by atoms with Gasteiger partial charge in [-0.15, -0.1) is 0 Å². The van der Waals surface area contributed by atoms with Crippen molar-refractivity contribution in [2.45, 2.75) is 19.4 Å². The molecule has 5 nitrogen and oxygen atoms in total. The number of amides is 1. The van der Waals surface area contributed by atoms with E-state index in [0.29, 0.717) is 24.1 Å². The van der Waals surface area contributed by atoms with Gasteiger partial charge in [0.15, 0.2) is 0 Å². The largest absolute Gasteiger partial charge is 0.352 e. The normalized spacial score (nSPS) is 16.4. The lowest BCUT2D eigenvalue weighted by Gasteiger charge is -2.32. The van der Waals surface area contributed by atoms with Crippen LogP contribution in [-0.4, -0.2) is 29.0 Å². The van der Waals surface area contributed by atoms with Crippen LogP contribution in [0.15, 0.2) is 67.0 Å². The molecule has 0 radical (unpaired) electrons. The zero-order valence-electron chi connectivity index (χ0n) is 16.1. The van der Waals surface area contributed by atoms with Crippen LogP contribution in [0.2, 0.25) is 5.02 Å². The fourth-order valence-corrected chi connectivity index (χ4v) is 3.81. The summed E-state index contributed by atoms with van der Waals surface area (Å²) in [5.74, 6) is 0.646. The zero-order chi connectivity index (χ0) is 20.1. The number of piperidine rings is 1. The van der Waals surface area contributed by atoms with Crippen LogP contribution in [-0.2, 0) is 11.3 Å². The minimum atomic E-state index is -0.0800. The molecule has 4 rings (SSSR count). The predicted molar refractivity (Wildman–Crippen MR) is 116 cm³/mol. The van der Waals surface area contributed by atoms with Crippen LogP contribution >= 0.6 is 11.6 Å². The minimum absolute atomic E-state index is 0.0514. The molecule has 1 amide bonds. The van der Waals surface area contributed by atoms with Gasteiger partial charge in [-0.05, 0) is 30.0 Å². The van der Waals surface area contributed by atoms with Gasteiger partial charge in [0.1, 0.15) is 0 Å². The Bertz CT molecular complexity index is 962. The third-order valence-electron chi connectivity index (χ3n) is 5.23. The van der Waals surface area contributed by atoms with Gasteiger partial charge in [-0.3, -0.25) is 4.79 Å². The van der Waals surface area contributed by atoms with E-state index in [1.54, 1.807) is 0 Å². The van der Waals surface area contributed by atoms with E-state index in [1.807, 2.05) is 67.0 Å². The van der Waals surface area contributed by atoms with Crippen molar-refractivity contribution in [3.8, 4) is 11.1 Å². The number of anilines is 1. The Hall–Kier alpha value is -2.92. The second-order valence-electron chi connectivity index (χ2n) is 7.23. The molecule has 1 aliphatic rings. The fraction of sp³-hybridized carbons (Fsp3) is 0.261. The second-order valence-corrected chi connectivity index (χ2v) is 7.64. The van der Waals surface area contributed by atoms with Crippen molar-refractivity contribution in [1.29, 1.82) is 0 Å². The Morgan fingerprint density at radius 2 is 1.76 bits per heavy atom. The molecule has 1 N–H and O–H groups in total. The molecule has 0 unspecified atom stereocenters. The molecule has 0 bridgehead atoms. The van der Waals surface area contributed by atoms with E-state index in [-0.39, 0.29) is 11.8 Å². The van der Waals surface area contributed by atoms with Gasteiger partial charge in [0.2, 0.25) is 11.9 Å². The Morgan fingerprint density at radius 1 is 1.03 bits per heavy atom. The Morgan fingerprint density at radius 3 is 2.52 bits per heavy atom. The molecule has 6 heteroatoms. The van der Waals surface area contributed by atoms with E-state index >= 15 is 0 Å². The van der Waals surface area contributed by atoms with E-state index in [2.05, 4.69) is 20.2 Å². The maximum atomic E-state index is 12.7. The maximum Gasteiger partial charge on any atom is 0.225 e. The van der Waals surface area contributed by atoms with Crippen molar-refractivity contribution in [3.63, 3.8) is 0 Å². The van der Waals surface area contributed by atoms with Crippen LogP contribution in [0.4, 0.5) is 5.95 Å². The van der Waals surface area contributed by atoms with E-state index in [9.17, 15) is 4.79 Å². The number of carbonyl (C=O) groups is 1. The average Bonchev–Trinajstić information content (AvgIpc) is 2.79. The summed E-state index contributed by atoms with van der Waals surface area (Å²) in [6.07, 6.45) is 5.50. The quantitative estimate of drug-likeness (QED) is 0.685. The predicted octanol–water partition coefficient (Wildman–Crippen LogP) is 4.33. The summed E-state index contributed by atoms with van der Waals surface area (Å²) < 4.78 is 0. The number of hydrogen-bond donors (Lipinski definition) is 1. The van der Waals surface area contributed by atoms with Crippen molar-refractivity contribution in [3.05, 3.63) is 77.6 Å². The van der Waals surface area contributed by atoms with Crippen LogP contribution in [0.25, 0.3) is 11.1 Å². The van der Waals surface area contributed by atoms with Crippen LogP contribution in [0.1, 0.15) is 18.4 Å². The number of hydrogen-bond acceptors (Lipinski definition) is 4. The highest BCUT2D eigenvalue weighted by atomic mass is 35.5. The highest BCUT2D eigenvalue weighted by Crippen LogP contribution is 2.23. The fourth-order valence-electron chi connectivity index (χ4n) is 3.61. The van der Waals surface area contributed by atoms with Crippen LogP contribution in [0, 0.1) is 5.92 Å². The first-order valence-corrected chi connectivity index (χ1v) is 10.2. The maximum absolute atomic E-state index is 12.7. The molecule has 1 aliphatic heterocycles. The topological polar surface area (TPSA) is 58.1 Å². The molecule has 1 saturated heterocycles. The third kappa shape index (κ3) is 4.74. The van der Waals surface area contributed by atoms with Crippen LogP contribution in [0.3, 0.4) is 0 Å². The highest BCUT2D eigenvalue weighted by Gasteiger charge is 2.27. The Labute approximate surface area is 175 Å². The molecule has 2 aromatic carbocycles. The summed E-state index contributed by atoms with van der Waals surface area (Å²) in [6.45, 7) is 1.93. The molecule has 29 heavy (non-hydrogen) atoms. The van der Waals surface area contributed by atoms with Crippen LogP contribution < -0.4 is 10.2 Å². The van der Waals surface area contributed by atoms with Crippen molar-refractivity contribution in [1.82, 2.24) is 15.3 Å². The average molecular weight is 407 g/mol. The van der Waals surface area contributed by atoms with Crippen molar-refractivity contribution in [2.75, 3.05) is 18.0 Å². The lowest BCUT2D eigenvalue weighted by atomic mass is 9.97. The van der Waals surface area contributed by atoms with Crippen molar-refractivity contribution < 1.29 is 4.79 Å². The Kier molecular flexibility index (Phi) is 6.06. The molecule has 1 atom stereocenters. The molecule has 1 fully saturated rings. The minimum Gasteiger partial charge on any atom is -0.352 e. The number of nitrogens with zero attached hydrogens (tertiary/aromatic N) is 3. The molecule has 0 saturated carbocycles. The summed E-state index contributed by atoms with van der Waals surface area (Å²) in [4.78, 5) is 23.9. The smallest absolute Gasteiger partial charge is 0.225 e. The summed E-state index contributed by atoms with van der Waals surface area (Å²) in [5, 5.41) is 3.69. The van der Waals surface area contributed by atoms with E-state index < -0.39 is 0 Å². The number of halogens is 1.